The largest absolute Gasteiger partial charge is 0.368 e. The Morgan fingerprint density at radius 2 is 1.78 bits per heavy atom. The molecule has 0 aliphatic heterocycles. The molecule has 0 saturated carbocycles. The zero-order chi connectivity index (χ0) is 16.2. The Morgan fingerprint density at radius 1 is 1.04 bits per heavy atom. The highest BCUT2D eigenvalue weighted by atomic mass is 16.2. The van der Waals surface area contributed by atoms with Gasteiger partial charge in [-0.15, -0.1) is 0 Å². The van der Waals surface area contributed by atoms with Crippen LogP contribution in [0.25, 0.3) is 0 Å². The first kappa shape index (κ1) is 15.3. The van der Waals surface area contributed by atoms with Gasteiger partial charge in [-0.05, 0) is 41.5 Å². The Balaban J connectivity index is 1.69. The van der Waals surface area contributed by atoms with Gasteiger partial charge in [0, 0.05) is 0 Å². The molecule has 2 aromatic carbocycles. The fraction of sp³-hybridized carbons (Fsp3) is 0.263. The molecule has 1 aliphatic rings. The zero-order valence-corrected chi connectivity index (χ0v) is 12.9. The van der Waals surface area contributed by atoms with Gasteiger partial charge in [-0.25, -0.2) is 0 Å². The molecule has 2 aromatic rings. The smallest absolute Gasteiger partial charge is 0.244 e. The van der Waals surface area contributed by atoms with Crippen molar-refractivity contribution in [1.29, 1.82) is 0 Å². The topological polar surface area (TPSA) is 72.2 Å². The zero-order valence-electron chi connectivity index (χ0n) is 12.9. The molecule has 1 aliphatic carbocycles. The van der Waals surface area contributed by atoms with Crippen molar-refractivity contribution >= 4 is 11.8 Å². The van der Waals surface area contributed by atoms with E-state index in [1.165, 1.54) is 17.5 Å². The van der Waals surface area contributed by atoms with Crippen LogP contribution in [0.4, 0.5) is 0 Å². The Hall–Kier alpha value is -2.62. The van der Waals surface area contributed by atoms with E-state index in [1.54, 1.807) is 12.1 Å². The van der Waals surface area contributed by atoms with Crippen LogP contribution in [0, 0.1) is 0 Å². The predicted octanol–water partition coefficient (Wildman–Crippen LogP) is 2.06. The average molecular weight is 308 g/mol. The third kappa shape index (κ3) is 3.59. The van der Waals surface area contributed by atoms with Crippen molar-refractivity contribution in [2.45, 2.75) is 31.7 Å². The standard InChI is InChI=1S/C19H20N2O2/c20-19(23)18(15-5-2-1-3-6-15)21-17(22)12-13-9-10-14-7-4-8-16(14)11-13/h1-3,5-6,9-11,18H,4,7-8,12H2,(H2,20,23)(H,21,22). The van der Waals surface area contributed by atoms with E-state index in [-0.39, 0.29) is 12.3 Å². The highest BCUT2D eigenvalue weighted by Crippen LogP contribution is 2.23. The molecule has 0 fully saturated rings. The normalized spacial score (nSPS) is 14.1. The van der Waals surface area contributed by atoms with Crippen molar-refractivity contribution in [1.82, 2.24) is 5.32 Å². The number of carbonyl (C=O) groups is 2. The molecule has 0 spiro atoms. The summed E-state index contributed by atoms with van der Waals surface area (Å²) in [6.07, 6.45) is 3.64. The van der Waals surface area contributed by atoms with Gasteiger partial charge in [0.1, 0.15) is 6.04 Å². The van der Waals surface area contributed by atoms with Gasteiger partial charge in [-0.2, -0.15) is 0 Å². The molecule has 0 bridgehead atoms. The van der Waals surface area contributed by atoms with E-state index in [0.717, 1.165) is 18.4 Å². The lowest BCUT2D eigenvalue weighted by Gasteiger charge is -2.16. The highest BCUT2D eigenvalue weighted by molar-refractivity contribution is 5.88. The number of hydrogen-bond donors (Lipinski definition) is 2. The molecule has 3 rings (SSSR count). The third-order valence-corrected chi connectivity index (χ3v) is 4.25. The lowest BCUT2D eigenvalue weighted by molar-refractivity contribution is -0.127. The number of carbonyl (C=O) groups excluding carboxylic acids is 2. The molecule has 0 heterocycles. The first-order valence-electron chi connectivity index (χ1n) is 7.88. The van der Waals surface area contributed by atoms with E-state index in [0.29, 0.717) is 5.56 Å². The second kappa shape index (κ2) is 6.65. The van der Waals surface area contributed by atoms with Gasteiger partial charge in [0.2, 0.25) is 11.8 Å². The minimum Gasteiger partial charge on any atom is -0.368 e. The van der Waals surface area contributed by atoms with E-state index in [4.69, 9.17) is 5.73 Å². The number of hydrogen-bond acceptors (Lipinski definition) is 2. The first-order chi connectivity index (χ1) is 11.1. The summed E-state index contributed by atoms with van der Waals surface area (Å²) >= 11 is 0. The molecule has 4 heteroatoms. The number of primary amides is 1. The van der Waals surface area contributed by atoms with Crippen molar-refractivity contribution in [2.24, 2.45) is 5.73 Å². The van der Waals surface area contributed by atoms with Crippen LogP contribution in [0.2, 0.25) is 0 Å². The molecule has 4 nitrogen and oxygen atoms in total. The van der Waals surface area contributed by atoms with Gasteiger partial charge in [0.05, 0.1) is 6.42 Å². The maximum atomic E-state index is 12.3. The number of fused-ring (bicyclic) bond motifs is 1. The van der Waals surface area contributed by atoms with Crippen molar-refractivity contribution in [3.8, 4) is 0 Å². The van der Waals surface area contributed by atoms with E-state index in [2.05, 4.69) is 17.4 Å². The highest BCUT2D eigenvalue weighted by Gasteiger charge is 2.20. The van der Waals surface area contributed by atoms with Crippen LogP contribution < -0.4 is 11.1 Å². The Labute approximate surface area is 135 Å². The SMILES string of the molecule is NC(=O)C(NC(=O)Cc1ccc2c(c1)CCC2)c1ccccc1. The van der Waals surface area contributed by atoms with Crippen molar-refractivity contribution in [3.05, 3.63) is 70.8 Å². The summed E-state index contributed by atoms with van der Waals surface area (Å²) in [7, 11) is 0. The lowest BCUT2D eigenvalue weighted by Crippen LogP contribution is -2.38. The second-order valence-corrected chi connectivity index (χ2v) is 5.95. The molecular weight excluding hydrogens is 288 g/mol. The summed E-state index contributed by atoms with van der Waals surface area (Å²) in [6.45, 7) is 0. The first-order valence-corrected chi connectivity index (χ1v) is 7.88. The van der Waals surface area contributed by atoms with Crippen LogP contribution in [-0.4, -0.2) is 11.8 Å². The molecule has 2 amide bonds. The van der Waals surface area contributed by atoms with E-state index >= 15 is 0 Å². The summed E-state index contributed by atoms with van der Waals surface area (Å²) < 4.78 is 0. The van der Waals surface area contributed by atoms with Crippen molar-refractivity contribution < 1.29 is 9.59 Å². The number of amides is 2. The quantitative estimate of drug-likeness (QED) is 0.887. The van der Waals surface area contributed by atoms with Gasteiger partial charge in [0.25, 0.3) is 0 Å². The van der Waals surface area contributed by atoms with E-state index in [9.17, 15) is 9.59 Å². The minimum absolute atomic E-state index is 0.199. The summed E-state index contributed by atoms with van der Waals surface area (Å²) in [5.41, 5.74) is 9.82. The number of rotatable bonds is 5. The lowest BCUT2D eigenvalue weighted by atomic mass is 10.0. The van der Waals surface area contributed by atoms with Crippen LogP contribution >= 0.6 is 0 Å². The van der Waals surface area contributed by atoms with Gasteiger partial charge in [0.15, 0.2) is 0 Å². The monoisotopic (exact) mass is 308 g/mol. The molecule has 1 unspecified atom stereocenters. The van der Waals surface area contributed by atoms with Crippen LogP contribution in [0.3, 0.4) is 0 Å². The number of nitrogens with one attached hydrogen (secondary N) is 1. The predicted molar refractivity (Wildman–Crippen MR) is 88.7 cm³/mol. The maximum absolute atomic E-state index is 12.3. The summed E-state index contributed by atoms with van der Waals surface area (Å²) in [6, 6.07) is 14.5. The van der Waals surface area contributed by atoms with Crippen LogP contribution in [-0.2, 0) is 28.9 Å². The summed E-state index contributed by atoms with van der Waals surface area (Å²) in [5, 5.41) is 2.74. The Bertz CT molecular complexity index is 725. The minimum atomic E-state index is -0.793. The maximum Gasteiger partial charge on any atom is 0.244 e. The van der Waals surface area contributed by atoms with Crippen LogP contribution in [0.1, 0.15) is 34.7 Å². The Kier molecular flexibility index (Phi) is 4.42. The fourth-order valence-corrected chi connectivity index (χ4v) is 3.10. The third-order valence-electron chi connectivity index (χ3n) is 4.25. The molecule has 3 N–H and O–H groups in total. The van der Waals surface area contributed by atoms with Gasteiger partial charge in [-0.3, -0.25) is 9.59 Å². The molecule has 1 atom stereocenters. The Morgan fingerprint density at radius 3 is 2.52 bits per heavy atom. The fourth-order valence-electron chi connectivity index (χ4n) is 3.10. The number of nitrogens with two attached hydrogens (primary N) is 1. The molecule has 0 saturated heterocycles. The number of benzene rings is 2. The molecule has 118 valence electrons. The average Bonchev–Trinajstić information content (AvgIpc) is 3.01. The van der Waals surface area contributed by atoms with Gasteiger partial charge >= 0.3 is 0 Å². The van der Waals surface area contributed by atoms with Crippen molar-refractivity contribution in [2.75, 3.05) is 0 Å². The van der Waals surface area contributed by atoms with E-state index < -0.39 is 11.9 Å². The van der Waals surface area contributed by atoms with Crippen LogP contribution in [0.15, 0.2) is 48.5 Å². The second-order valence-electron chi connectivity index (χ2n) is 5.95. The van der Waals surface area contributed by atoms with Crippen molar-refractivity contribution in [3.63, 3.8) is 0 Å². The van der Waals surface area contributed by atoms with Crippen LogP contribution in [0.5, 0.6) is 0 Å². The number of aryl methyl sites for hydroxylation is 2. The molecular formula is C19H20N2O2. The van der Waals surface area contributed by atoms with E-state index in [1.807, 2.05) is 24.3 Å². The summed E-state index contributed by atoms with van der Waals surface area (Å²) in [4.78, 5) is 23.9. The molecule has 23 heavy (non-hydrogen) atoms. The molecule has 0 aromatic heterocycles. The van der Waals surface area contributed by atoms with Gasteiger partial charge in [-0.1, -0.05) is 48.5 Å². The van der Waals surface area contributed by atoms with Gasteiger partial charge < -0.3 is 11.1 Å². The summed E-state index contributed by atoms with van der Waals surface area (Å²) in [5.74, 6) is -0.755. The molecule has 0 radical (unpaired) electrons.